The molecule has 1 N–H and O–H groups in total. The van der Waals surface area contributed by atoms with Crippen LogP contribution in [0.3, 0.4) is 0 Å². The predicted octanol–water partition coefficient (Wildman–Crippen LogP) is 4.18. The maximum atomic E-state index is 13.8. The van der Waals surface area contributed by atoms with Crippen molar-refractivity contribution in [3.05, 3.63) is 63.4 Å². The second-order valence-corrected chi connectivity index (χ2v) is 5.56. The SMILES string of the molecule is COc1ccc(Br)c(CC(O)c2cc(C)ccc2F)c1. The summed E-state index contributed by atoms with van der Waals surface area (Å²) in [6, 6.07) is 10.3. The highest BCUT2D eigenvalue weighted by atomic mass is 79.9. The summed E-state index contributed by atoms with van der Waals surface area (Å²) in [4.78, 5) is 0. The fourth-order valence-electron chi connectivity index (χ4n) is 2.07. The van der Waals surface area contributed by atoms with E-state index in [1.165, 1.54) is 6.07 Å². The molecule has 0 aliphatic heterocycles. The van der Waals surface area contributed by atoms with E-state index in [9.17, 15) is 9.50 Å². The van der Waals surface area contributed by atoms with E-state index < -0.39 is 6.10 Å². The molecule has 0 aromatic heterocycles. The van der Waals surface area contributed by atoms with Crippen molar-refractivity contribution in [3.63, 3.8) is 0 Å². The molecule has 0 heterocycles. The van der Waals surface area contributed by atoms with Gasteiger partial charge >= 0.3 is 0 Å². The predicted molar refractivity (Wildman–Crippen MR) is 80.5 cm³/mol. The van der Waals surface area contributed by atoms with Crippen molar-refractivity contribution in [1.29, 1.82) is 0 Å². The van der Waals surface area contributed by atoms with E-state index in [-0.39, 0.29) is 5.82 Å². The lowest BCUT2D eigenvalue weighted by atomic mass is 9.99. The highest BCUT2D eigenvalue weighted by Crippen LogP contribution is 2.28. The third-order valence-electron chi connectivity index (χ3n) is 3.18. The van der Waals surface area contributed by atoms with E-state index in [2.05, 4.69) is 15.9 Å². The molecule has 0 saturated carbocycles. The lowest BCUT2D eigenvalue weighted by molar-refractivity contribution is 0.173. The zero-order valence-corrected chi connectivity index (χ0v) is 12.9. The van der Waals surface area contributed by atoms with E-state index in [1.807, 2.05) is 25.1 Å². The molecule has 2 aromatic carbocycles. The van der Waals surface area contributed by atoms with Crippen LogP contribution in [0.15, 0.2) is 40.9 Å². The third-order valence-corrected chi connectivity index (χ3v) is 3.95. The zero-order valence-electron chi connectivity index (χ0n) is 11.4. The monoisotopic (exact) mass is 338 g/mol. The van der Waals surface area contributed by atoms with Gasteiger partial charge in [-0.05, 0) is 36.8 Å². The second-order valence-electron chi connectivity index (χ2n) is 4.70. The molecule has 0 saturated heterocycles. The number of ether oxygens (including phenoxy) is 1. The molecule has 0 bridgehead atoms. The molecule has 1 atom stereocenters. The molecular weight excluding hydrogens is 323 g/mol. The van der Waals surface area contributed by atoms with Gasteiger partial charge in [0.2, 0.25) is 0 Å². The van der Waals surface area contributed by atoms with Crippen LogP contribution < -0.4 is 4.74 Å². The number of halogens is 2. The quantitative estimate of drug-likeness (QED) is 0.905. The van der Waals surface area contributed by atoms with Gasteiger partial charge in [0, 0.05) is 16.5 Å². The van der Waals surface area contributed by atoms with Gasteiger partial charge in [0.15, 0.2) is 0 Å². The minimum atomic E-state index is -0.890. The Balaban J connectivity index is 2.27. The Bertz CT molecular complexity index is 613. The Hall–Kier alpha value is -1.39. The Morgan fingerprint density at radius 3 is 2.70 bits per heavy atom. The van der Waals surface area contributed by atoms with Crippen LogP contribution in [-0.4, -0.2) is 12.2 Å². The molecule has 20 heavy (non-hydrogen) atoms. The highest BCUT2D eigenvalue weighted by molar-refractivity contribution is 9.10. The molecule has 2 rings (SSSR count). The van der Waals surface area contributed by atoms with Gasteiger partial charge in [-0.15, -0.1) is 0 Å². The molecule has 0 fully saturated rings. The Labute approximate surface area is 126 Å². The molecule has 1 unspecified atom stereocenters. The van der Waals surface area contributed by atoms with Crippen molar-refractivity contribution in [2.45, 2.75) is 19.4 Å². The molecule has 2 aromatic rings. The van der Waals surface area contributed by atoms with Gasteiger partial charge in [-0.3, -0.25) is 0 Å². The number of aliphatic hydroxyl groups excluding tert-OH is 1. The maximum absolute atomic E-state index is 13.8. The largest absolute Gasteiger partial charge is 0.497 e. The molecule has 0 aliphatic rings. The van der Waals surface area contributed by atoms with Gasteiger partial charge in [0.1, 0.15) is 11.6 Å². The standard InChI is InChI=1S/C16H16BrFO2/c1-10-3-6-15(18)13(7-10)16(19)9-11-8-12(20-2)4-5-14(11)17/h3-8,16,19H,9H2,1-2H3. The molecular formula is C16H16BrFO2. The summed E-state index contributed by atoms with van der Waals surface area (Å²) in [7, 11) is 1.59. The second kappa shape index (κ2) is 6.37. The van der Waals surface area contributed by atoms with Crippen LogP contribution >= 0.6 is 15.9 Å². The maximum Gasteiger partial charge on any atom is 0.129 e. The summed E-state index contributed by atoms with van der Waals surface area (Å²) in [6.45, 7) is 1.87. The summed E-state index contributed by atoms with van der Waals surface area (Å²) < 4.78 is 19.8. The van der Waals surface area contributed by atoms with Crippen molar-refractivity contribution >= 4 is 15.9 Å². The van der Waals surface area contributed by atoms with Gasteiger partial charge in [0.05, 0.1) is 13.2 Å². The first-order valence-corrected chi connectivity index (χ1v) is 7.07. The first-order chi connectivity index (χ1) is 9.51. The number of rotatable bonds is 4. The summed E-state index contributed by atoms with van der Waals surface area (Å²) in [5.41, 5.74) is 2.11. The van der Waals surface area contributed by atoms with Crippen molar-refractivity contribution in [3.8, 4) is 5.75 Å². The number of aliphatic hydroxyl groups is 1. The Morgan fingerprint density at radius 1 is 1.25 bits per heavy atom. The van der Waals surface area contributed by atoms with Crippen LogP contribution in [0.25, 0.3) is 0 Å². The average molecular weight is 339 g/mol. The van der Waals surface area contributed by atoms with Gasteiger partial charge < -0.3 is 9.84 Å². The van der Waals surface area contributed by atoms with Gasteiger partial charge in [0.25, 0.3) is 0 Å². The van der Waals surface area contributed by atoms with E-state index in [4.69, 9.17) is 4.74 Å². The lowest BCUT2D eigenvalue weighted by Crippen LogP contribution is -2.05. The molecule has 0 aliphatic carbocycles. The van der Waals surface area contributed by atoms with Crippen molar-refractivity contribution in [2.75, 3.05) is 7.11 Å². The van der Waals surface area contributed by atoms with E-state index in [0.717, 1.165) is 15.6 Å². The number of hydrogen-bond acceptors (Lipinski definition) is 2. The molecule has 2 nitrogen and oxygen atoms in total. The molecule has 4 heteroatoms. The normalized spacial score (nSPS) is 12.2. The minimum absolute atomic E-state index is 0.318. The smallest absolute Gasteiger partial charge is 0.129 e. The minimum Gasteiger partial charge on any atom is -0.497 e. The summed E-state index contributed by atoms with van der Waals surface area (Å²) in [5.74, 6) is 0.322. The van der Waals surface area contributed by atoms with Crippen molar-refractivity contribution in [1.82, 2.24) is 0 Å². The van der Waals surface area contributed by atoms with Gasteiger partial charge in [-0.2, -0.15) is 0 Å². The first-order valence-electron chi connectivity index (χ1n) is 6.28. The van der Waals surface area contributed by atoms with Gasteiger partial charge in [-0.1, -0.05) is 33.6 Å². The fraction of sp³-hybridized carbons (Fsp3) is 0.250. The number of hydrogen-bond donors (Lipinski definition) is 1. The zero-order chi connectivity index (χ0) is 14.7. The molecule has 0 spiro atoms. The van der Waals surface area contributed by atoms with Crippen LogP contribution in [0.5, 0.6) is 5.75 Å². The van der Waals surface area contributed by atoms with E-state index in [1.54, 1.807) is 19.2 Å². The average Bonchev–Trinajstić information content (AvgIpc) is 2.43. The molecule has 106 valence electrons. The number of benzene rings is 2. The fourth-order valence-corrected chi connectivity index (χ4v) is 2.48. The van der Waals surface area contributed by atoms with E-state index >= 15 is 0 Å². The van der Waals surface area contributed by atoms with Crippen LogP contribution in [-0.2, 0) is 6.42 Å². The summed E-state index contributed by atoms with van der Waals surface area (Å²) in [5, 5.41) is 10.3. The molecule has 0 radical (unpaired) electrons. The highest BCUT2D eigenvalue weighted by Gasteiger charge is 2.15. The Kier molecular flexibility index (Phi) is 4.78. The summed E-state index contributed by atoms with van der Waals surface area (Å²) >= 11 is 3.43. The van der Waals surface area contributed by atoms with Crippen LogP contribution in [0.4, 0.5) is 4.39 Å². The van der Waals surface area contributed by atoms with E-state index in [0.29, 0.717) is 17.7 Å². The third kappa shape index (κ3) is 3.38. The molecule has 0 amide bonds. The van der Waals surface area contributed by atoms with Crippen LogP contribution in [0, 0.1) is 12.7 Å². The van der Waals surface area contributed by atoms with Gasteiger partial charge in [-0.25, -0.2) is 4.39 Å². The number of methoxy groups -OCH3 is 1. The van der Waals surface area contributed by atoms with Crippen LogP contribution in [0.1, 0.15) is 22.8 Å². The summed E-state index contributed by atoms with van der Waals surface area (Å²) in [6.07, 6.45) is -0.573. The first kappa shape index (κ1) is 15.0. The van der Waals surface area contributed by atoms with Crippen molar-refractivity contribution < 1.29 is 14.2 Å². The number of aryl methyl sites for hydroxylation is 1. The lowest BCUT2D eigenvalue weighted by Gasteiger charge is -2.14. The Morgan fingerprint density at radius 2 is 2.00 bits per heavy atom. The topological polar surface area (TPSA) is 29.5 Å². The van der Waals surface area contributed by atoms with Crippen molar-refractivity contribution in [2.24, 2.45) is 0 Å². The van der Waals surface area contributed by atoms with Crippen LogP contribution in [0.2, 0.25) is 0 Å².